The number of phenols is 1. The highest BCUT2D eigenvalue weighted by molar-refractivity contribution is 5.26. The molecule has 0 bridgehead atoms. The van der Waals surface area contributed by atoms with Crippen LogP contribution in [0.15, 0.2) is 24.3 Å². The molecule has 1 nitrogen and oxygen atoms in total. The van der Waals surface area contributed by atoms with Crippen LogP contribution in [0.3, 0.4) is 0 Å². The number of phenolic OH excluding ortho intramolecular Hbond substituents is 1. The van der Waals surface area contributed by atoms with Gasteiger partial charge in [0.1, 0.15) is 5.75 Å². The van der Waals surface area contributed by atoms with Crippen molar-refractivity contribution < 1.29 is 5.11 Å². The van der Waals surface area contributed by atoms with E-state index >= 15 is 0 Å². The summed E-state index contributed by atoms with van der Waals surface area (Å²) in [6.07, 6.45) is 18.0. The first-order valence-electron chi connectivity index (χ1n) is 11.2. The number of unbranched alkanes of at least 4 members (excludes halogenated alkanes) is 10. The predicted molar refractivity (Wildman–Crippen MR) is 116 cm³/mol. The molecule has 0 saturated carbocycles. The maximum Gasteiger partial charge on any atom is 0.115 e. The van der Waals surface area contributed by atoms with Gasteiger partial charge in [-0.3, -0.25) is 0 Å². The summed E-state index contributed by atoms with van der Waals surface area (Å²) in [5.41, 5.74) is 1.70. The Morgan fingerprint density at radius 1 is 0.731 bits per heavy atom. The summed E-state index contributed by atoms with van der Waals surface area (Å²) < 4.78 is 0. The first kappa shape index (κ1) is 23.1. The van der Waals surface area contributed by atoms with E-state index in [2.05, 4.69) is 39.8 Å². The van der Waals surface area contributed by atoms with Gasteiger partial charge in [-0.05, 0) is 41.9 Å². The summed E-state index contributed by atoms with van der Waals surface area (Å²) >= 11 is 0. The molecule has 1 rings (SSSR count). The third-order valence-corrected chi connectivity index (χ3v) is 5.80. The minimum absolute atomic E-state index is 0.344. The first-order valence-corrected chi connectivity index (χ1v) is 11.2. The molecular formula is C25H44O. The van der Waals surface area contributed by atoms with Gasteiger partial charge in [-0.15, -0.1) is 0 Å². The van der Waals surface area contributed by atoms with Crippen molar-refractivity contribution in [3.8, 4) is 5.75 Å². The van der Waals surface area contributed by atoms with Crippen molar-refractivity contribution in [2.75, 3.05) is 0 Å². The topological polar surface area (TPSA) is 20.2 Å². The highest BCUT2D eigenvalue weighted by Crippen LogP contribution is 2.33. The molecule has 0 amide bonds. The van der Waals surface area contributed by atoms with Crippen LogP contribution in [0.2, 0.25) is 0 Å². The van der Waals surface area contributed by atoms with Crippen LogP contribution in [0.1, 0.15) is 110 Å². The Kier molecular flexibility index (Phi) is 11.7. The molecule has 1 atom stereocenters. The molecule has 150 valence electrons. The number of rotatable bonds is 14. The van der Waals surface area contributed by atoms with Crippen molar-refractivity contribution >= 4 is 0 Å². The van der Waals surface area contributed by atoms with Crippen LogP contribution in [0.5, 0.6) is 5.75 Å². The Labute approximate surface area is 163 Å². The second kappa shape index (κ2) is 13.2. The third-order valence-electron chi connectivity index (χ3n) is 5.80. The van der Waals surface area contributed by atoms with Gasteiger partial charge in [0.05, 0.1) is 0 Å². The fourth-order valence-corrected chi connectivity index (χ4v) is 3.81. The van der Waals surface area contributed by atoms with Gasteiger partial charge in [0.15, 0.2) is 0 Å². The zero-order chi connectivity index (χ0) is 19.3. The number of hydrogen-bond acceptors (Lipinski definition) is 1. The molecule has 1 N–H and O–H groups in total. The summed E-state index contributed by atoms with van der Waals surface area (Å²) in [5, 5.41) is 9.47. The maximum absolute atomic E-state index is 9.47. The standard InChI is InChI=1S/C25H44O/c1-5-6-7-8-9-10-11-12-13-14-15-16-23(25(2,3)4)21-22-17-19-24(26)20-18-22/h17-20,23,26H,5-16,21H2,1-4H3. The molecule has 0 heterocycles. The lowest BCUT2D eigenvalue weighted by Gasteiger charge is -2.31. The molecule has 0 fully saturated rings. The van der Waals surface area contributed by atoms with Crippen molar-refractivity contribution in [3.63, 3.8) is 0 Å². The third kappa shape index (κ3) is 10.9. The number of aromatic hydroxyl groups is 1. The van der Waals surface area contributed by atoms with Gasteiger partial charge in [-0.2, -0.15) is 0 Å². The molecular weight excluding hydrogens is 316 g/mol. The van der Waals surface area contributed by atoms with E-state index in [0.717, 1.165) is 6.42 Å². The van der Waals surface area contributed by atoms with Crippen molar-refractivity contribution in [1.29, 1.82) is 0 Å². The van der Waals surface area contributed by atoms with Crippen LogP contribution < -0.4 is 0 Å². The van der Waals surface area contributed by atoms with Crippen LogP contribution in [0, 0.1) is 11.3 Å². The van der Waals surface area contributed by atoms with E-state index in [0.29, 0.717) is 17.1 Å². The van der Waals surface area contributed by atoms with Crippen LogP contribution in [-0.2, 0) is 6.42 Å². The van der Waals surface area contributed by atoms with Gasteiger partial charge >= 0.3 is 0 Å². The molecule has 0 aliphatic rings. The Hall–Kier alpha value is -0.980. The normalized spacial score (nSPS) is 13.1. The summed E-state index contributed by atoms with van der Waals surface area (Å²) in [6, 6.07) is 7.79. The minimum atomic E-state index is 0.344. The lowest BCUT2D eigenvalue weighted by atomic mass is 9.74. The van der Waals surface area contributed by atoms with Crippen LogP contribution in [-0.4, -0.2) is 5.11 Å². The molecule has 0 aliphatic carbocycles. The average Bonchev–Trinajstić information content (AvgIpc) is 2.59. The molecule has 1 aromatic rings. The van der Waals surface area contributed by atoms with Gasteiger partial charge in [0.2, 0.25) is 0 Å². The highest BCUT2D eigenvalue weighted by Gasteiger charge is 2.24. The molecule has 1 aromatic carbocycles. The summed E-state index contributed by atoms with van der Waals surface area (Å²) in [6.45, 7) is 9.40. The lowest BCUT2D eigenvalue weighted by Crippen LogP contribution is -2.22. The summed E-state index contributed by atoms with van der Waals surface area (Å²) in [4.78, 5) is 0. The number of benzene rings is 1. The van der Waals surface area contributed by atoms with E-state index < -0.39 is 0 Å². The van der Waals surface area contributed by atoms with Gasteiger partial charge in [-0.25, -0.2) is 0 Å². The van der Waals surface area contributed by atoms with Crippen molar-refractivity contribution in [2.45, 2.75) is 111 Å². The van der Waals surface area contributed by atoms with Gasteiger partial charge in [-0.1, -0.05) is 110 Å². The largest absolute Gasteiger partial charge is 0.508 e. The highest BCUT2D eigenvalue weighted by atomic mass is 16.3. The number of hydrogen-bond donors (Lipinski definition) is 1. The SMILES string of the molecule is CCCCCCCCCCCCCC(Cc1ccc(O)cc1)C(C)(C)C. The van der Waals surface area contributed by atoms with E-state index in [1.165, 1.54) is 82.6 Å². The van der Waals surface area contributed by atoms with Crippen LogP contribution in [0.4, 0.5) is 0 Å². The van der Waals surface area contributed by atoms with Gasteiger partial charge < -0.3 is 5.11 Å². The molecule has 1 unspecified atom stereocenters. The van der Waals surface area contributed by atoms with E-state index in [1.807, 2.05) is 12.1 Å². The Balaban J connectivity index is 2.16. The average molecular weight is 361 g/mol. The summed E-state index contributed by atoms with van der Waals surface area (Å²) in [7, 11) is 0. The van der Waals surface area contributed by atoms with E-state index in [1.54, 1.807) is 0 Å². The van der Waals surface area contributed by atoms with Crippen LogP contribution >= 0.6 is 0 Å². The quantitative estimate of drug-likeness (QED) is 0.331. The second-order valence-corrected chi connectivity index (χ2v) is 9.26. The molecule has 1 heteroatoms. The van der Waals surface area contributed by atoms with Crippen LogP contribution in [0.25, 0.3) is 0 Å². The van der Waals surface area contributed by atoms with Crippen molar-refractivity contribution in [3.05, 3.63) is 29.8 Å². The Bertz CT molecular complexity index is 440. The predicted octanol–water partition coefficient (Wildman–Crippen LogP) is 8.30. The Morgan fingerprint density at radius 2 is 1.19 bits per heavy atom. The van der Waals surface area contributed by atoms with Gasteiger partial charge in [0, 0.05) is 0 Å². The van der Waals surface area contributed by atoms with E-state index in [-0.39, 0.29) is 0 Å². The maximum atomic E-state index is 9.47. The molecule has 26 heavy (non-hydrogen) atoms. The molecule has 0 aromatic heterocycles. The molecule has 0 aliphatic heterocycles. The van der Waals surface area contributed by atoms with E-state index in [9.17, 15) is 5.11 Å². The zero-order valence-electron chi connectivity index (χ0n) is 18.0. The van der Waals surface area contributed by atoms with E-state index in [4.69, 9.17) is 0 Å². The fourth-order valence-electron chi connectivity index (χ4n) is 3.81. The van der Waals surface area contributed by atoms with Crippen molar-refractivity contribution in [2.24, 2.45) is 11.3 Å². The molecule has 0 saturated heterocycles. The minimum Gasteiger partial charge on any atom is -0.508 e. The zero-order valence-corrected chi connectivity index (χ0v) is 18.0. The van der Waals surface area contributed by atoms with Gasteiger partial charge in [0.25, 0.3) is 0 Å². The smallest absolute Gasteiger partial charge is 0.115 e. The van der Waals surface area contributed by atoms with Crippen molar-refractivity contribution in [1.82, 2.24) is 0 Å². The molecule has 0 radical (unpaired) electrons. The second-order valence-electron chi connectivity index (χ2n) is 9.26. The fraction of sp³-hybridized carbons (Fsp3) is 0.760. The lowest BCUT2D eigenvalue weighted by molar-refractivity contribution is 0.218. The monoisotopic (exact) mass is 360 g/mol. The Morgan fingerprint density at radius 3 is 1.65 bits per heavy atom. The summed E-state index contributed by atoms with van der Waals surface area (Å²) in [5.74, 6) is 1.08. The molecule has 0 spiro atoms. The first-order chi connectivity index (χ1) is 12.4.